The molecule has 8 heteroatoms. The van der Waals surface area contributed by atoms with Crippen LogP contribution in [-0.4, -0.2) is 72.9 Å². The van der Waals surface area contributed by atoms with Crippen LogP contribution in [0.3, 0.4) is 0 Å². The lowest BCUT2D eigenvalue weighted by Gasteiger charge is -2.43. The summed E-state index contributed by atoms with van der Waals surface area (Å²) in [5.74, 6) is 0.649. The molecule has 0 radical (unpaired) electrons. The molecule has 7 nitrogen and oxygen atoms in total. The van der Waals surface area contributed by atoms with Crippen LogP contribution >= 0.6 is 11.6 Å². The van der Waals surface area contributed by atoms with Gasteiger partial charge in [0.05, 0.1) is 12.0 Å². The third-order valence-electron chi connectivity index (χ3n) is 8.11. The van der Waals surface area contributed by atoms with Gasteiger partial charge in [0.25, 0.3) is 5.91 Å². The lowest BCUT2D eigenvalue weighted by atomic mass is 9.79. The number of benzene rings is 2. The Hall–Kier alpha value is -3.45. The molecule has 2 fully saturated rings. The van der Waals surface area contributed by atoms with Gasteiger partial charge in [0.1, 0.15) is 5.82 Å². The molecular weight excluding hydrogens is 486 g/mol. The Labute approximate surface area is 222 Å². The summed E-state index contributed by atoms with van der Waals surface area (Å²) in [4.78, 5) is 39.4. The highest BCUT2D eigenvalue weighted by Crippen LogP contribution is 2.44. The number of amides is 2. The van der Waals surface area contributed by atoms with Crippen molar-refractivity contribution in [2.45, 2.75) is 24.8 Å². The van der Waals surface area contributed by atoms with Crippen LogP contribution in [0.2, 0.25) is 5.02 Å². The molecule has 37 heavy (non-hydrogen) atoms. The quantitative estimate of drug-likeness (QED) is 0.552. The van der Waals surface area contributed by atoms with E-state index in [1.54, 1.807) is 4.90 Å². The number of nitrogens with zero attached hydrogens (tertiary/aromatic N) is 4. The maximum Gasteiger partial charge on any atom is 0.254 e. The van der Waals surface area contributed by atoms with Gasteiger partial charge in [-0.25, -0.2) is 0 Å². The third kappa shape index (κ3) is 4.35. The number of halogens is 1. The third-order valence-corrected chi connectivity index (χ3v) is 8.36. The number of fused-ring (bicyclic) bond motifs is 1. The minimum absolute atomic E-state index is 0.0406. The number of nitrogens with one attached hydrogen (secondary N) is 1. The SMILES string of the molecule is CN1C(=O)c2ccccc2C(C(=O)N2CCN(c3ccc(Cl)cc3)CC2)C1c1c[nH]c(N2CCCC2)c1. The number of likely N-dealkylation sites (N-methyl/N-ethyl adjacent to an activating group) is 1. The van der Waals surface area contributed by atoms with Gasteiger partial charge in [-0.15, -0.1) is 0 Å². The maximum absolute atomic E-state index is 14.2. The van der Waals surface area contributed by atoms with Gasteiger partial charge in [-0.3, -0.25) is 9.59 Å². The van der Waals surface area contributed by atoms with Crippen LogP contribution in [0.4, 0.5) is 11.5 Å². The molecule has 2 saturated heterocycles. The zero-order chi connectivity index (χ0) is 25.5. The molecule has 6 rings (SSSR count). The Morgan fingerprint density at radius 1 is 0.919 bits per heavy atom. The van der Waals surface area contributed by atoms with E-state index in [2.05, 4.69) is 20.9 Å². The first-order valence-corrected chi connectivity index (χ1v) is 13.5. The minimum atomic E-state index is -0.455. The van der Waals surface area contributed by atoms with E-state index in [0.29, 0.717) is 18.7 Å². The van der Waals surface area contributed by atoms with Crippen LogP contribution in [0.5, 0.6) is 0 Å². The lowest BCUT2D eigenvalue weighted by molar-refractivity contribution is -0.134. The molecular formula is C29H32ClN5O2. The van der Waals surface area contributed by atoms with Crippen LogP contribution in [0.1, 0.15) is 46.3 Å². The number of piperazine rings is 1. The van der Waals surface area contributed by atoms with Crippen molar-refractivity contribution in [1.82, 2.24) is 14.8 Å². The monoisotopic (exact) mass is 517 g/mol. The van der Waals surface area contributed by atoms with Crippen LogP contribution in [-0.2, 0) is 4.79 Å². The second kappa shape index (κ2) is 9.78. The smallest absolute Gasteiger partial charge is 0.254 e. The molecule has 1 N–H and O–H groups in total. The summed E-state index contributed by atoms with van der Waals surface area (Å²) in [5.41, 5.74) is 3.54. The minimum Gasteiger partial charge on any atom is -0.368 e. The van der Waals surface area contributed by atoms with E-state index in [4.69, 9.17) is 11.6 Å². The summed E-state index contributed by atoms with van der Waals surface area (Å²) in [6.45, 7) is 4.84. The zero-order valence-electron chi connectivity index (χ0n) is 21.1. The number of carbonyl (C=O) groups is 2. The Morgan fingerprint density at radius 2 is 1.62 bits per heavy atom. The molecule has 4 heterocycles. The summed E-state index contributed by atoms with van der Waals surface area (Å²) in [6, 6.07) is 17.2. The van der Waals surface area contributed by atoms with Crippen molar-refractivity contribution in [3.63, 3.8) is 0 Å². The summed E-state index contributed by atoms with van der Waals surface area (Å²) < 4.78 is 0. The maximum atomic E-state index is 14.2. The number of anilines is 2. The average molecular weight is 518 g/mol. The lowest BCUT2D eigenvalue weighted by Crippen LogP contribution is -2.53. The molecule has 2 unspecified atom stereocenters. The average Bonchev–Trinajstić information content (AvgIpc) is 3.63. The van der Waals surface area contributed by atoms with Crippen molar-refractivity contribution in [1.29, 1.82) is 0 Å². The number of aromatic amines is 1. The van der Waals surface area contributed by atoms with Crippen LogP contribution in [0, 0.1) is 0 Å². The molecule has 3 aliphatic heterocycles. The van der Waals surface area contributed by atoms with Crippen molar-refractivity contribution in [3.8, 4) is 0 Å². The van der Waals surface area contributed by atoms with E-state index in [1.165, 1.54) is 12.8 Å². The Balaban J connectivity index is 1.29. The van der Waals surface area contributed by atoms with Crippen molar-refractivity contribution in [3.05, 3.63) is 82.5 Å². The molecule has 2 atom stereocenters. The Bertz CT molecular complexity index is 1290. The van der Waals surface area contributed by atoms with E-state index < -0.39 is 5.92 Å². The second-order valence-corrected chi connectivity index (χ2v) is 10.7. The molecule has 3 aliphatic rings. The first-order valence-electron chi connectivity index (χ1n) is 13.1. The standard InChI is InChI=1S/C29H32ClN5O2/c1-32-27(20-18-25(31-19-20)34-12-4-5-13-34)26(23-6-2-3-7-24(23)28(32)36)29(37)35-16-14-33(15-17-35)22-10-8-21(30)9-11-22/h2-3,6-11,18-19,26-27,31H,4-5,12-17H2,1H3. The summed E-state index contributed by atoms with van der Waals surface area (Å²) in [6.07, 6.45) is 4.36. The fourth-order valence-corrected chi connectivity index (χ4v) is 6.23. The van der Waals surface area contributed by atoms with Gasteiger partial charge in [-0.05, 0) is 60.4 Å². The van der Waals surface area contributed by atoms with Gasteiger partial charge in [-0.1, -0.05) is 29.8 Å². The number of H-pyrrole nitrogens is 1. The van der Waals surface area contributed by atoms with E-state index in [9.17, 15) is 9.59 Å². The number of hydrogen-bond acceptors (Lipinski definition) is 4. The number of aromatic nitrogens is 1. The molecule has 2 amide bonds. The van der Waals surface area contributed by atoms with Crippen LogP contribution in [0.25, 0.3) is 0 Å². The van der Waals surface area contributed by atoms with Gasteiger partial charge < -0.3 is 24.6 Å². The molecule has 1 aromatic heterocycles. The van der Waals surface area contributed by atoms with Crippen molar-refractivity contribution in [2.24, 2.45) is 0 Å². The Kier molecular flexibility index (Phi) is 6.32. The zero-order valence-corrected chi connectivity index (χ0v) is 21.8. The second-order valence-electron chi connectivity index (χ2n) is 10.2. The predicted octanol–water partition coefficient (Wildman–Crippen LogP) is 4.53. The fourth-order valence-electron chi connectivity index (χ4n) is 6.10. The molecule has 192 valence electrons. The topological polar surface area (TPSA) is 62.9 Å². The van der Waals surface area contributed by atoms with E-state index >= 15 is 0 Å². The van der Waals surface area contributed by atoms with E-state index in [-0.39, 0.29) is 17.9 Å². The molecule has 3 aromatic rings. The fraction of sp³-hybridized carbons (Fsp3) is 0.379. The largest absolute Gasteiger partial charge is 0.368 e. The normalized spacial score (nSPS) is 21.9. The van der Waals surface area contributed by atoms with Gasteiger partial charge in [0, 0.05) is 68.8 Å². The van der Waals surface area contributed by atoms with Crippen molar-refractivity contribution < 1.29 is 9.59 Å². The van der Waals surface area contributed by atoms with Crippen LogP contribution < -0.4 is 9.80 Å². The number of carbonyl (C=O) groups excluding carboxylic acids is 2. The van der Waals surface area contributed by atoms with Gasteiger partial charge >= 0.3 is 0 Å². The first kappa shape index (κ1) is 23.9. The number of rotatable bonds is 4. The highest BCUT2D eigenvalue weighted by molar-refractivity contribution is 6.30. The molecule has 0 bridgehead atoms. The first-order chi connectivity index (χ1) is 18.0. The van der Waals surface area contributed by atoms with Gasteiger partial charge in [0.2, 0.25) is 5.91 Å². The van der Waals surface area contributed by atoms with E-state index in [0.717, 1.165) is 53.8 Å². The molecule has 0 aliphatic carbocycles. The van der Waals surface area contributed by atoms with Crippen molar-refractivity contribution in [2.75, 3.05) is 56.1 Å². The predicted molar refractivity (Wildman–Crippen MR) is 147 cm³/mol. The van der Waals surface area contributed by atoms with E-state index in [1.807, 2.05) is 66.7 Å². The van der Waals surface area contributed by atoms with Crippen LogP contribution in [0.15, 0.2) is 60.8 Å². The molecule has 0 saturated carbocycles. The van der Waals surface area contributed by atoms with Crippen molar-refractivity contribution >= 4 is 34.9 Å². The summed E-state index contributed by atoms with van der Waals surface area (Å²) in [5, 5.41) is 0.718. The highest BCUT2D eigenvalue weighted by Gasteiger charge is 2.44. The molecule has 2 aromatic carbocycles. The van der Waals surface area contributed by atoms with Gasteiger partial charge in [-0.2, -0.15) is 0 Å². The summed E-state index contributed by atoms with van der Waals surface area (Å²) in [7, 11) is 1.82. The Morgan fingerprint density at radius 3 is 2.35 bits per heavy atom. The number of hydrogen-bond donors (Lipinski definition) is 1. The summed E-state index contributed by atoms with van der Waals surface area (Å²) >= 11 is 6.06. The molecule has 0 spiro atoms. The highest BCUT2D eigenvalue weighted by atomic mass is 35.5. The van der Waals surface area contributed by atoms with Gasteiger partial charge in [0.15, 0.2) is 0 Å².